The van der Waals surface area contributed by atoms with E-state index in [0.717, 1.165) is 22.2 Å². The molecule has 0 radical (unpaired) electrons. The van der Waals surface area contributed by atoms with Gasteiger partial charge in [-0.15, -0.1) is 5.10 Å². The van der Waals surface area contributed by atoms with Crippen LogP contribution in [0.2, 0.25) is 0 Å². The number of nitrogens with zero attached hydrogens (tertiary/aromatic N) is 4. The molecule has 0 unspecified atom stereocenters. The van der Waals surface area contributed by atoms with E-state index in [9.17, 15) is 8.42 Å². The molecule has 0 saturated carbocycles. The van der Waals surface area contributed by atoms with Crippen LogP contribution in [0.3, 0.4) is 0 Å². The number of methoxy groups -OCH3 is 1. The summed E-state index contributed by atoms with van der Waals surface area (Å²) in [7, 11) is -2.37. The minimum atomic E-state index is -3.96. The zero-order valence-corrected chi connectivity index (χ0v) is 20.0. The molecule has 1 N–H and O–H groups in total. The van der Waals surface area contributed by atoms with Crippen LogP contribution >= 0.6 is 0 Å². The minimum Gasteiger partial charge on any atom is -0.495 e. The molecule has 3 aromatic carbocycles. The Morgan fingerprint density at radius 1 is 0.941 bits per heavy atom. The number of nitrogens with one attached hydrogen (secondary N) is 1. The van der Waals surface area contributed by atoms with Gasteiger partial charge in [-0.2, -0.15) is 4.52 Å². The number of sulfone groups is 1. The van der Waals surface area contributed by atoms with E-state index in [0.29, 0.717) is 22.6 Å². The average Bonchev–Trinajstić information content (AvgIpc) is 3.26. The van der Waals surface area contributed by atoms with Crippen LogP contribution in [-0.2, 0) is 9.84 Å². The van der Waals surface area contributed by atoms with Gasteiger partial charge in [0.15, 0.2) is 5.65 Å². The molecule has 0 aliphatic carbocycles. The average molecular weight is 474 g/mol. The monoisotopic (exact) mass is 473 g/mol. The summed E-state index contributed by atoms with van der Waals surface area (Å²) in [5.74, 6) is 1.12. The second kappa shape index (κ2) is 8.11. The third-order valence-corrected chi connectivity index (χ3v) is 7.51. The number of hydrogen-bond acceptors (Lipinski definition) is 7. The Morgan fingerprint density at radius 2 is 1.68 bits per heavy atom. The van der Waals surface area contributed by atoms with Crippen LogP contribution in [0.15, 0.2) is 70.6 Å². The molecule has 0 bridgehead atoms. The molecule has 0 aliphatic rings. The summed E-state index contributed by atoms with van der Waals surface area (Å²) in [5.41, 5.74) is 4.06. The molecule has 5 aromatic rings. The van der Waals surface area contributed by atoms with E-state index < -0.39 is 9.84 Å². The number of benzene rings is 3. The van der Waals surface area contributed by atoms with E-state index >= 15 is 0 Å². The standard InChI is InChI=1S/C25H23N5O3S/c1-15-10-12-21(33-4)19(13-15)26-23-18-7-5-6-8-20(18)30-24(27-23)25(28-29-30)34(31,32)22-14-16(2)9-11-17(22)3/h5-14H,1-4H3,(H,26,27). The molecule has 2 aromatic heterocycles. The summed E-state index contributed by atoms with van der Waals surface area (Å²) in [6.07, 6.45) is 0. The number of ether oxygens (including phenoxy) is 1. The van der Waals surface area contributed by atoms with Gasteiger partial charge in [0.25, 0.3) is 0 Å². The Balaban J connectivity index is 1.76. The first-order chi connectivity index (χ1) is 16.3. The van der Waals surface area contributed by atoms with Crippen molar-refractivity contribution in [3.63, 3.8) is 0 Å². The van der Waals surface area contributed by atoms with Crippen LogP contribution in [0.25, 0.3) is 16.6 Å². The Morgan fingerprint density at radius 3 is 2.47 bits per heavy atom. The fraction of sp³-hybridized carbons (Fsp3) is 0.160. The van der Waals surface area contributed by atoms with Gasteiger partial charge < -0.3 is 10.1 Å². The van der Waals surface area contributed by atoms with Gasteiger partial charge in [0, 0.05) is 5.39 Å². The zero-order valence-electron chi connectivity index (χ0n) is 19.2. The maximum atomic E-state index is 13.6. The Hall–Kier alpha value is -3.98. The van der Waals surface area contributed by atoms with Crippen LogP contribution in [0.1, 0.15) is 16.7 Å². The molecule has 0 aliphatic heterocycles. The van der Waals surface area contributed by atoms with Crippen LogP contribution in [-0.4, -0.2) is 35.3 Å². The normalized spacial score (nSPS) is 11.8. The van der Waals surface area contributed by atoms with Crippen LogP contribution in [0.4, 0.5) is 11.5 Å². The molecule has 0 fully saturated rings. The first-order valence-corrected chi connectivity index (χ1v) is 12.2. The van der Waals surface area contributed by atoms with Gasteiger partial charge in [0.1, 0.15) is 11.6 Å². The van der Waals surface area contributed by atoms with Crippen molar-refractivity contribution < 1.29 is 13.2 Å². The quantitative estimate of drug-likeness (QED) is 0.392. The first-order valence-electron chi connectivity index (χ1n) is 10.7. The van der Waals surface area contributed by atoms with E-state index in [1.165, 1.54) is 4.52 Å². The number of para-hydroxylation sites is 1. The van der Waals surface area contributed by atoms with Gasteiger partial charge in [0.05, 0.1) is 23.2 Å². The molecule has 172 valence electrons. The topological polar surface area (TPSA) is 98.5 Å². The summed E-state index contributed by atoms with van der Waals surface area (Å²) in [5, 5.41) is 12.1. The van der Waals surface area contributed by atoms with Crippen molar-refractivity contribution in [2.45, 2.75) is 30.7 Å². The highest BCUT2D eigenvalue weighted by atomic mass is 32.2. The van der Waals surface area contributed by atoms with E-state index in [-0.39, 0.29) is 15.6 Å². The summed E-state index contributed by atoms with van der Waals surface area (Å²) in [6, 6.07) is 18.6. The Kier molecular flexibility index (Phi) is 5.21. The second-order valence-corrected chi connectivity index (χ2v) is 10.0. The zero-order chi connectivity index (χ0) is 24.0. The largest absolute Gasteiger partial charge is 0.495 e. The predicted molar refractivity (Wildman–Crippen MR) is 131 cm³/mol. The maximum Gasteiger partial charge on any atom is 0.229 e. The van der Waals surface area contributed by atoms with E-state index in [2.05, 4.69) is 15.6 Å². The van der Waals surface area contributed by atoms with Gasteiger partial charge in [-0.3, -0.25) is 0 Å². The third-order valence-electron chi connectivity index (χ3n) is 5.72. The summed E-state index contributed by atoms with van der Waals surface area (Å²) < 4.78 is 34.2. The van der Waals surface area contributed by atoms with Gasteiger partial charge in [-0.25, -0.2) is 13.4 Å². The number of hydrogen-bond donors (Lipinski definition) is 1. The third kappa shape index (κ3) is 3.54. The first kappa shape index (κ1) is 21.8. The van der Waals surface area contributed by atoms with E-state index in [4.69, 9.17) is 9.72 Å². The SMILES string of the molecule is COc1ccc(C)cc1Nc1nc2c(S(=O)(=O)c3cc(C)ccc3C)nnn2c2ccccc12. The molecule has 8 nitrogen and oxygen atoms in total. The molecule has 0 spiro atoms. The molecule has 2 heterocycles. The predicted octanol–water partition coefficient (Wildman–Crippen LogP) is 4.79. The minimum absolute atomic E-state index is 0.147. The molecule has 5 rings (SSSR count). The van der Waals surface area contributed by atoms with Crippen molar-refractivity contribution >= 4 is 37.9 Å². The highest BCUT2D eigenvalue weighted by molar-refractivity contribution is 7.91. The van der Waals surface area contributed by atoms with E-state index in [1.807, 2.05) is 62.4 Å². The van der Waals surface area contributed by atoms with Gasteiger partial charge >= 0.3 is 0 Å². The molecule has 0 amide bonds. The number of aromatic nitrogens is 4. The second-order valence-electron chi connectivity index (χ2n) is 8.21. The number of aryl methyl sites for hydroxylation is 3. The molecular weight excluding hydrogens is 450 g/mol. The number of anilines is 2. The van der Waals surface area contributed by atoms with E-state index in [1.54, 1.807) is 26.2 Å². The lowest BCUT2D eigenvalue weighted by Gasteiger charge is -2.14. The summed E-state index contributed by atoms with van der Waals surface area (Å²) in [4.78, 5) is 4.89. The lowest BCUT2D eigenvalue weighted by atomic mass is 10.2. The molecule has 0 saturated heterocycles. The number of rotatable bonds is 5. The van der Waals surface area contributed by atoms with Crippen molar-refractivity contribution in [1.29, 1.82) is 0 Å². The highest BCUT2D eigenvalue weighted by Crippen LogP contribution is 2.33. The molecule has 34 heavy (non-hydrogen) atoms. The molecule has 0 atom stereocenters. The summed E-state index contributed by atoms with van der Waals surface area (Å²) >= 11 is 0. The molecular formula is C25H23N5O3S. The maximum absolute atomic E-state index is 13.6. The fourth-order valence-electron chi connectivity index (χ4n) is 3.96. The highest BCUT2D eigenvalue weighted by Gasteiger charge is 2.28. The van der Waals surface area contributed by atoms with Crippen LogP contribution < -0.4 is 10.1 Å². The lowest BCUT2D eigenvalue weighted by molar-refractivity contribution is 0.416. The van der Waals surface area contributed by atoms with Gasteiger partial charge in [0.2, 0.25) is 14.9 Å². The lowest BCUT2D eigenvalue weighted by Crippen LogP contribution is -2.07. The van der Waals surface area contributed by atoms with Crippen LogP contribution in [0, 0.1) is 20.8 Å². The number of fused-ring (bicyclic) bond motifs is 3. The van der Waals surface area contributed by atoms with Gasteiger partial charge in [-0.1, -0.05) is 35.5 Å². The smallest absolute Gasteiger partial charge is 0.229 e. The molecule has 9 heteroatoms. The Labute approximate surface area is 197 Å². The Bertz CT molecular complexity index is 1680. The summed E-state index contributed by atoms with van der Waals surface area (Å²) in [6.45, 7) is 5.60. The fourth-order valence-corrected chi connectivity index (χ4v) is 5.52. The van der Waals surface area contributed by atoms with Crippen molar-refractivity contribution in [2.75, 3.05) is 12.4 Å². The van der Waals surface area contributed by atoms with Gasteiger partial charge in [-0.05, 0) is 67.8 Å². The van der Waals surface area contributed by atoms with Crippen molar-refractivity contribution in [1.82, 2.24) is 19.8 Å². The van der Waals surface area contributed by atoms with Crippen LogP contribution in [0.5, 0.6) is 5.75 Å². The van der Waals surface area contributed by atoms with Crippen molar-refractivity contribution in [2.24, 2.45) is 0 Å². The van der Waals surface area contributed by atoms with Crippen molar-refractivity contribution in [3.05, 3.63) is 77.4 Å². The van der Waals surface area contributed by atoms with Crippen molar-refractivity contribution in [3.8, 4) is 5.75 Å².